The smallest absolute Gasteiger partial charge is 0.416 e. The van der Waals surface area contributed by atoms with Crippen LogP contribution in [-0.4, -0.2) is 40.9 Å². The number of fused-ring (bicyclic) bond motifs is 1. The van der Waals surface area contributed by atoms with E-state index >= 15 is 0 Å². The van der Waals surface area contributed by atoms with Gasteiger partial charge < -0.3 is 14.4 Å². The lowest BCUT2D eigenvalue weighted by Gasteiger charge is -2.39. The second kappa shape index (κ2) is 10.1. The van der Waals surface area contributed by atoms with Gasteiger partial charge in [-0.1, -0.05) is 24.3 Å². The number of hydrogen-bond acceptors (Lipinski definition) is 5. The van der Waals surface area contributed by atoms with Crippen molar-refractivity contribution < 1.29 is 22.6 Å². The number of anilines is 1. The van der Waals surface area contributed by atoms with Crippen LogP contribution in [0.5, 0.6) is 11.5 Å². The number of alkyl halides is 3. The minimum Gasteiger partial charge on any atom is -0.494 e. The van der Waals surface area contributed by atoms with Crippen LogP contribution in [0.2, 0.25) is 0 Å². The minimum absolute atomic E-state index is 0.0268. The molecule has 2 aromatic carbocycles. The molecule has 0 radical (unpaired) electrons. The molecule has 7 nitrogen and oxygen atoms in total. The average molecular weight is 527 g/mol. The second-order valence-corrected chi connectivity index (χ2v) is 9.49. The number of aromatic nitrogens is 3. The number of hydrogen-bond donors (Lipinski definition) is 0. The summed E-state index contributed by atoms with van der Waals surface area (Å²) in [5.74, 6) is 1.17. The highest BCUT2D eigenvalue weighted by Crippen LogP contribution is 2.38. The summed E-state index contributed by atoms with van der Waals surface area (Å²) in [6.07, 6.45) is 0.249. The normalized spacial score (nSPS) is 18.1. The van der Waals surface area contributed by atoms with Gasteiger partial charge in [-0.25, -0.2) is 4.79 Å². The SMILES string of the molecule is COc1ccncc1N1CCC(n2c(=O)n(Cc3ccccc3C(F)(F)F)c3c(OC)cccc32)CC1C. The van der Waals surface area contributed by atoms with E-state index in [1.165, 1.54) is 23.8 Å². The number of para-hydroxylation sites is 1. The molecule has 5 rings (SSSR count). The third kappa shape index (κ3) is 4.48. The molecule has 38 heavy (non-hydrogen) atoms. The Kier molecular flexibility index (Phi) is 6.81. The van der Waals surface area contributed by atoms with Gasteiger partial charge in [0, 0.05) is 30.9 Å². The first-order valence-corrected chi connectivity index (χ1v) is 12.4. The van der Waals surface area contributed by atoms with Crippen LogP contribution < -0.4 is 20.1 Å². The largest absolute Gasteiger partial charge is 0.494 e. The molecule has 2 aromatic heterocycles. The molecule has 0 N–H and O–H groups in total. The van der Waals surface area contributed by atoms with Gasteiger partial charge in [0.25, 0.3) is 0 Å². The van der Waals surface area contributed by atoms with E-state index in [4.69, 9.17) is 9.47 Å². The number of piperidine rings is 1. The van der Waals surface area contributed by atoms with Gasteiger partial charge in [0.15, 0.2) is 0 Å². The average Bonchev–Trinajstić information content (AvgIpc) is 3.19. The van der Waals surface area contributed by atoms with Gasteiger partial charge >= 0.3 is 11.9 Å². The zero-order valence-corrected chi connectivity index (χ0v) is 21.4. The molecule has 1 fully saturated rings. The Morgan fingerprint density at radius 1 is 1.03 bits per heavy atom. The lowest BCUT2D eigenvalue weighted by atomic mass is 9.97. The maximum Gasteiger partial charge on any atom is 0.416 e. The first-order valence-electron chi connectivity index (χ1n) is 12.4. The van der Waals surface area contributed by atoms with E-state index in [2.05, 4.69) is 16.8 Å². The molecule has 2 atom stereocenters. The highest BCUT2D eigenvalue weighted by molar-refractivity contribution is 5.83. The number of rotatable bonds is 6. The molecule has 0 saturated carbocycles. The maximum atomic E-state index is 13.9. The topological polar surface area (TPSA) is 61.5 Å². The van der Waals surface area contributed by atoms with Gasteiger partial charge in [-0.3, -0.25) is 14.1 Å². The summed E-state index contributed by atoms with van der Waals surface area (Å²) in [6, 6.07) is 12.4. The Morgan fingerprint density at radius 2 is 1.79 bits per heavy atom. The van der Waals surface area contributed by atoms with Crippen LogP contribution in [-0.2, 0) is 12.7 Å². The van der Waals surface area contributed by atoms with Crippen molar-refractivity contribution >= 4 is 16.7 Å². The molecule has 1 aliphatic rings. The third-order valence-electron chi connectivity index (χ3n) is 7.32. The van der Waals surface area contributed by atoms with E-state index in [-0.39, 0.29) is 29.9 Å². The lowest BCUT2D eigenvalue weighted by Crippen LogP contribution is -2.43. The molecule has 0 spiro atoms. The van der Waals surface area contributed by atoms with E-state index in [0.717, 1.165) is 17.5 Å². The molecule has 1 saturated heterocycles. The number of halogens is 3. The van der Waals surface area contributed by atoms with Crippen molar-refractivity contribution in [1.82, 2.24) is 14.1 Å². The fraction of sp³-hybridized carbons (Fsp3) is 0.357. The molecule has 0 bridgehead atoms. The lowest BCUT2D eigenvalue weighted by molar-refractivity contribution is -0.138. The Balaban J connectivity index is 1.56. The van der Waals surface area contributed by atoms with E-state index in [1.54, 1.807) is 42.3 Å². The Hall–Kier alpha value is -3.95. The zero-order chi connectivity index (χ0) is 27.0. The van der Waals surface area contributed by atoms with Crippen molar-refractivity contribution in [2.75, 3.05) is 25.7 Å². The number of imidazole rings is 1. The molecule has 0 amide bonds. The molecule has 3 heterocycles. The van der Waals surface area contributed by atoms with E-state index < -0.39 is 11.7 Å². The summed E-state index contributed by atoms with van der Waals surface area (Å²) in [5.41, 5.74) is 0.936. The molecule has 10 heteroatoms. The number of nitrogens with zero attached hydrogens (tertiary/aromatic N) is 4. The highest BCUT2D eigenvalue weighted by atomic mass is 19.4. The summed E-state index contributed by atoms with van der Waals surface area (Å²) >= 11 is 0. The van der Waals surface area contributed by atoms with Crippen LogP contribution in [0.25, 0.3) is 11.0 Å². The third-order valence-corrected chi connectivity index (χ3v) is 7.32. The van der Waals surface area contributed by atoms with Crippen molar-refractivity contribution in [3.05, 3.63) is 82.5 Å². The van der Waals surface area contributed by atoms with Gasteiger partial charge in [0.05, 0.1) is 43.7 Å². The van der Waals surface area contributed by atoms with Crippen LogP contribution >= 0.6 is 0 Å². The van der Waals surface area contributed by atoms with Crippen molar-refractivity contribution in [3.63, 3.8) is 0 Å². The van der Waals surface area contributed by atoms with Crippen molar-refractivity contribution in [3.8, 4) is 11.5 Å². The van der Waals surface area contributed by atoms with E-state index in [9.17, 15) is 18.0 Å². The van der Waals surface area contributed by atoms with E-state index in [0.29, 0.717) is 36.2 Å². The summed E-state index contributed by atoms with van der Waals surface area (Å²) in [5, 5.41) is 0. The van der Waals surface area contributed by atoms with Crippen molar-refractivity contribution in [2.45, 2.75) is 44.6 Å². The summed E-state index contributed by atoms with van der Waals surface area (Å²) < 4.78 is 55.4. The van der Waals surface area contributed by atoms with Crippen LogP contribution in [0.15, 0.2) is 65.7 Å². The van der Waals surface area contributed by atoms with Gasteiger partial charge in [-0.15, -0.1) is 0 Å². The second-order valence-electron chi connectivity index (χ2n) is 9.49. The van der Waals surface area contributed by atoms with Crippen molar-refractivity contribution in [1.29, 1.82) is 0 Å². The van der Waals surface area contributed by atoms with Crippen LogP contribution in [0.3, 0.4) is 0 Å². The molecular formula is C28H29F3N4O3. The summed E-state index contributed by atoms with van der Waals surface area (Å²) in [4.78, 5) is 20.4. The number of benzene rings is 2. The molecule has 1 aliphatic heterocycles. The van der Waals surface area contributed by atoms with Gasteiger partial charge in [-0.2, -0.15) is 13.2 Å². The molecule has 200 valence electrons. The van der Waals surface area contributed by atoms with Crippen LogP contribution in [0, 0.1) is 0 Å². The predicted octanol–water partition coefficient (Wildman–Crippen LogP) is 5.51. The summed E-state index contributed by atoms with van der Waals surface area (Å²) in [7, 11) is 3.11. The number of pyridine rings is 1. The van der Waals surface area contributed by atoms with Gasteiger partial charge in [-0.05, 0) is 43.5 Å². The van der Waals surface area contributed by atoms with Gasteiger partial charge in [0.1, 0.15) is 17.0 Å². The van der Waals surface area contributed by atoms with Crippen molar-refractivity contribution in [2.24, 2.45) is 0 Å². The Labute approximate surface area is 218 Å². The van der Waals surface area contributed by atoms with Crippen LogP contribution in [0.1, 0.15) is 36.9 Å². The standard InChI is InChI=1S/C28H29F3N4O3/c1-18-15-20(12-14-33(18)23-16-32-13-11-24(23)37-2)35-22-9-6-10-25(38-3)26(22)34(27(35)36)17-19-7-4-5-8-21(19)28(29,30)31/h4-11,13,16,18,20H,12,14-15,17H2,1-3H3. The first-order chi connectivity index (χ1) is 18.2. The van der Waals surface area contributed by atoms with Crippen LogP contribution in [0.4, 0.5) is 18.9 Å². The fourth-order valence-corrected chi connectivity index (χ4v) is 5.58. The fourth-order valence-electron chi connectivity index (χ4n) is 5.58. The summed E-state index contributed by atoms with van der Waals surface area (Å²) in [6.45, 7) is 2.52. The number of methoxy groups -OCH3 is 2. The predicted molar refractivity (Wildman–Crippen MR) is 139 cm³/mol. The molecular weight excluding hydrogens is 497 g/mol. The molecule has 0 aliphatic carbocycles. The first kappa shape index (κ1) is 25.7. The maximum absolute atomic E-state index is 13.9. The molecule has 4 aromatic rings. The monoisotopic (exact) mass is 526 g/mol. The minimum atomic E-state index is -4.53. The number of ether oxygens (including phenoxy) is 2. The van der Waals surface area contributed by atoms with E-state index in [1.807, 2.05) is 12.1 Å². The zero-order valence-electron chi connectivity index (χ0n) is 21.4. The highest BCUT2D eigenvalue weighted by Gasteiger charge is 2.35. The Bertz CT molecular complexity index is 1510. The Morgan fingerprint density at radius 3 is 2.50 bits per heavy atom. The molecule has 2 unspecified atom stereocenters. The quantitative estimate of drug-likeness (QED) is 0.332. The van der Waals surface area contributed by atoms with Gasteiger partial charge in [0.2, 0.25) is 0 Å².